The molecule has 0 saturated carbocycles. The lowest BCUT2D eigenvalue weighted by atomic mass is 9.97. The molecule has 9 heteroatoms. The Balaban J connectivity index is 1.89. The van der Waals surface area contributed by atoms with Crippen LogP contribution in [0.1, 0.15) is 23.0 Å². The van der Waals surface area contributed by atoms with Gasteiger partial charge in [-0.3, -0.25) is 9.59 Å². The van der Waals surface area contributed by atoms with Crippen LogP contribution in [0.3, 0.4) is 0 Å². The Morgan fingerprint density at radius 2 is 2.27 bits per heavy atom. The first-order chi connectivity index (χ1) is 12.4. The number of hydrogen-bond donors (Lipinski definition) is 3. The number of methoxy groups -OCH3 is 1. The topological polar surface area (TPSA) is 109 Å². The summed E-state index contributed by atoms with van der Waals surface area (Å²) in [6.07, 6.45) is 4.43. The Hall–Kier alpha value is -2.84. The summed E-state index contributed by atoms with van der Waals surface area (Å²) in [5, 5.41) is 6.78. The van der Waals surface area contributed by atoms with Crippen LogP contribution in [0.5, 0.6) is 0 Å². The lowest BCUT2D eigenvalue weighted by Crippen LogP contribution is -2.53. The number of carbonyl (C=O) groups excluding carboxylic acids is 2. The van der Waals surface area contributed by atoms with Gasteiger partial charge in [-0.05, 0) is 13.0 Å². The fourth-order valence-electron chi connectivity index (χ4n) is 3.06. The number of fused-ring (bicyclic) bond motifs is 3. The number of halogens is 1. The van der Waals surface area contributed by atoms with E-state index < -0.39 is 5.54 Å². The molecule has 0 aliphatic carbocycles. The summed E-state index contributed by atoms with van der Waals surface area (Å²) in [6, 6.07) is 1.51. The van der Waals surface area contributed by atoms with Crippen molar-refractivity contribution in [2.75, 3.05) is 24.4 Å². The number of hydrogen-bond acceptors (Lipinski definition) is 6. The Morgan fingerprint density at radius 1 is 1.46 bits per heavy atom. The molecule has 134 valence electrons. The van der Waals surface area contributed by atoms with Crippen LogP contribution in [-0.4, -0.2) is 40.9 Å². The Morgan fingerprint density at radius 3 is 2.96 bits per heavy atom. The second-order valence-corrected chi connectivity index (χ2v) is 6.65. The van der Waals surface area contributed by atoms with Gasteiger partial charge in [0, 0.05) is 13.3 Å². The first-order valence-corrected chi connectivity index (χ1v) is 8.19. The van der Waals surface area contributed by atoms with Crippen molar-refractivity contribution in [2.24, 2.45) is 0 Å². The third kappa shape index (κ3) is 2.38. The van der Waals surface area contributed by atoms with E-state index in [0.29, 0.717) is 28.0 Å². The van der Waals surface area contributed by atoms with E-state index in [1.807, 2.05) is 0 Å². The van der Waals surface area contributed by atoms with Gasteiger partial charge in [-0.1, -0.05) is 11.6 Å². The van der Waals surface area contributed by atoms with E-state index in [0.717, 1.165) is 0 Å². The van der Waals surface area contributed by atoms with E-state index in [1.54, 1.807) is 13.1 Å². The van der Waals surface area contributed by atoms with Crippen molar-refractivity contribution in [3.8, 4) is 0 Å². The maximum Gasteiger partial charge on any atom is 0.252 e. The second kappa shape index (κ2) is 5.86. The van der Waals surface area contributed by atoms with Gasteiger partial charge in [0.2, 0.25) is 5.78 Å². The minimum atomic E-state index is -0.990. The van der Waals surface area contributed by atoms with Crippen LogP contribution in [0.25, 0.3) is 11.0 Å². The number of aromatic amines is 1. The Labute approximate surface area is 152 Å². The van der Waals surface area contributed by atoms with Gasteiger partial charge in [-0.25, -0.2) is 4.98 Å². The molecule has 0 saturated heterocycles. The zero-order valence-corrected chi connectivity index (χ0v) is 14.7. The number of ether oxygens (including phenoxy) is 1. The fourth-order valence-corrected chi connectivity index (χ4v) is 3.24. The van der Waals surface area contributed by atoms with Crippen molar-refractivity contribution >= 4 is 45.7 Å². The molecule has 0 fully saturated rings. The zero-order valence-electron chi connectivity index (χ0n) is 14.0. The highest BCUT2D eigenvalue weighted by atomic mass is 35.5. The molecule has 3 aromatic rings. The van der Waals surface area contributed by atoms with Gasteiger partial charge in [0.1, 0.15) is 11.2 Å². The van der Waals surface area contributed by atoms with Crippen molar-refractivity contribution in [3.05, 3.63) is 41.1 Å². The molecule has 0 radical (unpaired) electrons. The molecular weight excluding hydrogens is 360 g/mol. The van der Waals surface area contributed by atoms with Crippen molar-refractivity contribution in [2.45, 2.75) is 12.5 Å². The number of pyridine rings is 1. The molecule has 3 N–H and O–H groups in total. The summed E-state index contributed by atoms with van der Waals surface area (Å²) in [7, 11) is 1.52. The lowest BCUT2D eigenvalue weighted by molar-refractivity contribution is -0.121. The molecule has 3 aromatic heterocycles. The number of amides is 1. The van der Waals surface area contributed by atoms with Gasteiger partial charge in [-0.2, -0.15) is 0 Å². The number of rotatable bonds is 4. The van der Waals surface area contributed by atoms with Gasteiger partial charge < -0.3 is 24.8 Å². The van der Waals surface area contributed by atoms with E-state index in [9.17, 15) is 9.59 Å². The average Bonchev–Trinajstić information content (AvgIpc) is 3.22. The molecule has 8 nitrogen and oxygen atoms in total. The fraction of sp³-hybridized carbons (Fsp3) is 0.235. The molecule has 0 unspecified atom stereocenters. The van der Waals surface area contributed by atoms with E-state index in [4.69, 9.17) is 20.8 Å². The molecule has 4 heterocycles. The predicted molar refractivity (Wildman–Crippen MR) is 95.8 cm³/mol. The second-order valence-electron chi connectivity index (χ2n) is 6.24. The molecular formula is C17H15ClN4O4. The SMILES string of the molecule is COC[C@]1(C)Nc2c(cnc3[nH]cc(C(=O)c4occc4Cl)c23)NC1=O. The average molecular weight is 375 g/mol. The number of nitrogens with one attached hydrogen (secondary N) is 3. The minimum Gasteiger partial charge on any atom is -0.459 e. The monoisotopic (exact) mass is 374 g/mol. The molecule has 1 aliphatic rings. The van der Waals surface area contributed by atoms with Gasteiger partial charge in [-0.15, -0.1) is 0 Å². The quantitative estimate of drug-likeness (QED) is 0.606. The van der Waals surface area contributed by atoms with E-state index in [-0.39, 0.29) is 29.1 Å². The maximum atomic E-state index is 12.9. The summed E-state index contributed by atoms with van der Waals surface area (Å²) in [4.78, 5) is 32.5. The number of H-pyrrole nitrogens is 1. The van der Waals surface area contributed by atoms with Crippen molar-refractivity contribution in [3.63, 3.8) is 0 Å². The highest BCUT2D eigenvalue weighted by molar-refractivity contribution is 6.35. The standard InChI is InChI=1S/C17H15ClN4O4/c1-17(7-25-2)16(24)21-10-6-20-15-11(12(10)22-17)8(5-19-15)13(23)14-9(18)3-4-26-14/h3-6,22H,7H2,1-2H3,(H,19,20)(H,21,24)/t17-/m0/s1. The number of nitrogens with zero attached hydrogens (tertiary/aromatic N) is 1. The van der Waals surface area contributed by atoms with Crippen LogP contribution in [0, 0.1) is 0 Å². The van der Waals surface area contributed by atoms with Gasteiger partial charge in [0.25, 0.3) is 5.91 Å². The molecule has 0 bridgehead atoms. The number of aromatic nitrogens is 2. The summed E-state index contributed by atoms with van der Waals surface area (Å²) >= 11 is 6.02. The van der Waals surface area contributed by atoms with Gasteiger partial charge in [0.15, 0.2) is 5.76 Å². The highest BCUT2D eigenvalue weighted by Crippen LogP contribution is 2.39. The molecule has 4 rings (SSSR count). The largest absolute Gasteiger partial charge is 0.459 e. The highest BCUT2D eigenvalue weighted by Gasteiger charge is 2.39. The first-order valence-electron chi connectivity index (χ1n) is 7.81. The normalized spacial score (nSPS) is 19.1. The Bertz CT molecular complexity index is 1040. The Kier molecular flexibility index (Phi) is 3.74. The lowest BCUT2D eigenvalue weighted by Gasteiger charge is -2.35. The van der Waals surface area contributed by atoms with Crippen LogP contribution >= 0.6 is 11.6 Å². The molecule has 26 heavy (non-hydrogen) atoms. The zero-order chi connectivity index (χ0) is 18.5. The van der Waals surface area contributed by atoms with Crippen molar-refractivity contribution in [1.82, 2.24) is 9.97 Å². The predicted octanol–water partition coefficient (Wildman–Crippen LogP) is 2.81. The number of anilines is 2. The van der Waals surface area contributed by atoms with Crippen LogP contribution in [0.2, 0.25) is 5.02 Å². The smallest absolute Gasteiger partial charge is 0.252 e. The molecule has 0 spiro atoms. The third-order valence-electron chi connectivity index (χ3n) is 4.35. The molecule has 1 amide bonds. The van der Waals surface area contributed by atoms with E-state index >= 15 is 0 Å². The van der Waals surface area contributed by atoms with Crippen molar-refractivity contribution < 1.29 is 18.7 Å². The molecule has 1 atom stereocenters. The summed E-state index contributed by atoms with van der Waals surface area (Å²) < 4.78 is 10.4. The van der Waals surface area contributed by atoms with Crippen LogP contribution < -0.4 is 10.6 Å². The van der Waals surface area contributed by atoms with Gasteiger partial charge in [0.05, 0.1) is 46.4 Å². The van der Waals surface area contributed by atoms with Crippen LogP contribution in [0.15, 0.2) is 29.1 Å². The summed E-state index contributed by atoms with van der Waals surface area (Å²) in [5.74, 6) is -0.580. The number of furan rings is 1. The number of carbonyl (C=O) groups is 2. The molecule has 0 aromatic carbocycles. The van der Waals surface area contributed by atoms with Crippen molar-refractivity contribution in [1.29, 1.82) is 0 Å². The summed E-state index contributed by atoms with van der Waals surface area (Å²) in [5.41, 5.74) is 0.912. The minimum absolute atomic E-state index is 0.0460. The summed E-state index contributed by atoms with van der Waals surface area (Å²) in [6.45, 7) is 1.87. The van der Waals surface area contributed by atoms with E-state index in [1.165, 1.54) is 25.6 Å². The van der Waals surface area contributed by atoms with Gasteiger partial charge >= 0.3 is 0 Å². The number of ketones is 1. The maximum absolute atomic E-state index is 12.9. The third-order valence-corrected chi connectivity index (χ3v) is 4.65. The van der Waals surface area contributed by atoms with E-state index in [2.05, 4.69) is 20.6 Å². The first kappa shape index (κ1) is 16.6. The molecule has 1 aliphatic heterocycles. The van der Waals surface area contributed by atoms with Crippen LogP contribution in [0.4, 0.5) is 11.4 Å². The van der Waals surface area contributed by atoms with Crippen LogP contribution in [-0.2, 0) is 9.53 Å².